The topological polar surface area (TPSA) is 47.9 Å². The fourth-order valence-corrected chi connectivity index (χ4v) is 1.65. The first-order chi connectivity index (χ1) is 6.08. The highest BCUT2D eigenvalue weighted by Gasteiger charge is 2.44. The first kappa shape index (κ1) is 8.99. The molecule has 0 aromatic carbocycles. The van der Waals surface area contributed by atoms with Crippen molar-refractivity contribution in [2.45, 2.75) is 37.9 Å². The van der Waals surface area contributed by atoms with Crippen LogP contribution in [0, 0.1) is 0 Å². The molecule has 0 spiro atoms. The van der Waals surface area contributed by atoms with Crippen molar-refractivity contribution < 1.29 is 19.3 Å². The van der Waals surface area contributed by atoms with Crippen LogP contribution in [0.4, 0.5) is 0 Å². The van der Waals surface area contributed by atoms with E-state index in [1.54, 1.807) is 12.3 Å². The minimum Gasteiger partial charge on any atom is -0.499 e. The average molecular weight is 186 g/mol. The van der Waals surface area contributed by atoms with Crippen LogP contribution in [0.3, 0.4) is 0 Å². The number of fused-ring (bicyclic) bond motifs is 1. The van der Waals surface area contributed by atoms with E-state index in [0.717, 1.165) is 0 Å². The SMILES string of the molecule is CC1(C)O[C@H]2[C@H](O)COC=C[C@H]2O1. The quantitative estimate of drug-likeness (QED) is 0.595. The zero-order valence-electron chi connectivity index (χ0n) is 7.77. The third-order valence-corrected chi connectivity index (χ3v) is 2.17. The molecule has 0 aromatic rings. The van der Waals surface area contributed by atoms with Crippen LogP contribution in [0.1, 0.15) is 13.8 Å². The van der Waals surface area contributed by atoms with Crippen molar-refractivity contribution in [1.82, 2.24) is 0 Å². The predicted octanol–water partition coefficient (Wildman–Crippen LogP) is 0.411. The van der Waals surface area contributed by atoms with E-state index in [1.165, 1.54) is 0 Å². The van der Waals surface area contributed by atoms with Crippen molar-refractivity contribution in [3.8, 4) is 0 Å². The molecular formula is C9H14O4. The lowest BCUT2D eigenvalue weighted by molar-refractivity contribution is -0.157. The Morgan fingerprint density at radius 3 is 2.92 bits per heavy atom. The largest absolute Gasteiger partial charge is 0.499 e. The van der Waals surface area contributed by atoms with Gasteiger partial charge in [-0.25, -0.2) is 0 Å². The summed E-state index contributed by atoms with van der Waals surface area (Å²) in [6, 6.07) is 0. The molecule has 1 N–H and O–H groups in total. The maximum Gasteiger partial charge on any atom is 0.164 e. The van der Waals surface area contributed by atoms with Gasteiger partial charge in [0.05, 0.1) is 6.26 Å². The third kappa shape index (κ3) is 1.70. The van der Waals surface area contributed by atoms with Crippen molar-refractivity contribution in [1.29, 1.82) is 0 Å². The van der Waals surface area contributed by atoms with E-state index < -0.39 is 11.9 Å². The molecule has 0 unspecified atom stereocenters. The number of aliphatic hydroxyl groups excluding tert-OH is 1. The molecule has 4 heteroatoms. The molecule has 0 aliphatic carbocycles. The van der Waals surface area contributed by atoms with Gasteiger partial charge in [0.1, 0.15) is 24.9 Å². The van der Waals surface area contributed by atoms with Crippen LogP contribution in [-0.4, -0.2) is 35.8 Å². The Hall–Kier alpha value is -0.580. The summed E-state index contributed by atoms with van der Waals surface area (Å²) in [5.41, 5.74) is 0. The van der Waals surface area contributed by atoms with Gasteiger partial charge < -0.3 is 19.3 Å². The summed E-state index contributed by atoms with van der Waals surface area (Å²) in [5, 5.41) is 9.62. The number of rotatable bonds is 0. The third-order valence-electron chi connectivity index (χ3n) is 2.17. The maximum atomic E-state index is 9.62. The maximum absolute atomic E-state index is 9.62. The summed E-state index contributed by atoms with van der Waals surface area (Å²) < 4.78 is 16.1. The fourth-order valence-electron chi connectivity index (χ4n) is 1.65. The zero-order valence-corrected chi connectivity index (χ0v) is 7.77. The molecule has 2 heterocycles. The van der Waals surface area contributed by atoms with Crippen LogP contribution in [0.25, 0.3) is 0 Å². The van der Waals surface area contributed by atoms with E-state index in [4.69, 9.17) is 14.2 Å². The summed E-state index contributed by atoms with van der Waals surface area (Å²) >= 11 is 0. The monoisotopic (exact) mass is 186 g/mol. The van der Waals surface area contributed by atoms with Crippen LogP contribution in [-0.2, 0) is 14.2 Å². The molecule has 0 amide bonds. The van der Waals surface area contributed by atoms with Gasteiger partial charge in [0, 0.05) is 0 Å². The standard InChI is InChI=1S/C9H14O4/c1-9(2)12-7-3-4-11-5-6(10)8(7)13-9/h3-4,6-8,10H,5H2,1-2H3/t6-,7-,8+/m1/s1. The Labute approximate surface area is 77.1 Å². The fraction of sp³-hybridized carbons (Fsp3) is 0.778. The van der Waals surface area contributed by atoms with Crippen LogP contribution in [0.2, 0.25) is 0 Å². The Bertz CT molecular complexity index is 224. The van der Waals surface area contributed by atoms with E-state index in [1.807, 2.05) is 13.8 Å². The van der Waals surface area contributed by atoms with Crippen molar-refractivity contribution in [2.24, 2.45) is 0 Å². The second kappa shape index (κ2) is 2.97. The Morgan fingerprint density at radius 2 is 2.15 bits per heavy atom. The van der Waals surface area contributed by atoms with Crippen molar-refractivity contribution in [2.75, 3.05) is 6.61 Å². The number of hydrogen-bond acceptors (Lipinski definition) is 4. The number of hydrogen-bond donors (Lipinski definition) is 1. The Kier molecular flexibility index (Phi) is 2.06. The normalized spacial score (nSPS) is 42.2. The van der Waals surface area contributed by atoms with Crippen LogP contribution >= 0.6 is 0 Å². The molecule has 74 valence electrons. The highest BCUT2D eigenvalue weighted by Crippen LogP contribution is 2.31. The van der Waals surface area contributed by atoms with Gasteiger partial charge in [0.2, 0.25) is 0 Å². The molecule has 0 radical (unpaired) electrons. The average Bonchev–Trinajstić information content (AvgIpc) is 2.26. The lowest BCUT2D eigenvalue weighted by Crippen LogP contribution is -2.36. The van der Waals surface area contributed by atoms with Crippen LogP contribution < -0.4 is 0 Å². The van der Waals surface area contributed by atoms with E-state index in [-0.39, 0.29) is 18.8 Å². The minimum atomic E-state index is -0.623. The van der Waals surface area contributed by atoms with Crippen molar-refractivity contribution in [3.05, 3.63) is 12.3 Å². The molecule has 2 aliphatic heterocycles. The van der Waals surface area contributed by atoms with E-state index in [0.29, 0.717) is 0 Å². The molecule has 2 aliphatic rings. The molecule has 0 bridgehead atoms. The first-order valence-electron chi connectivity index (χ1n) is 4.40. The lowest BCUT2D eigenvalue weighted by atomic mass is 10.1. The number of aliphatic hydroxyl groups is 1. The minimum absolute atomic E-state index is 0.201. The van der Waals surface area contributed by atoms with Crippen molar-refractivity contribution in [3.63, 3.8) is 0 Å². The molecule has 1 saturated heterocycles. The van der Waals surface area contributed by atoms with Gasteiger partial charge in [0.25, 0.3) is 0 Å². The van der Waals surface area contributed by atoms with Gasteiger partial charge in [-0.15, -0.1) is 0 Å². The molecule has 2 rings (SSSR count). The molecule has 13 heavy (non-hydrogen) atoms. The van der Waals surface area contributed by atoms with E-state index in [2.05, 4.69) is 0 Å². The summed E-state index contributed by atoms with van der Waals surface area (Å²) in [5.74, 6) is -0.613. The van der Waals surface area contributed by atoms with Gasteiger partial charge in [-0.2, -0.15) is 0 Å². The van der Waals surface area contributed by atoms with Gasteiger partial charge in [-0.3, -0.25) is 0 Å². The van der Waals surface area contributed by atoms with Gasteiger partial charge in [0.15, 0.2) is 5.79 Å². The van der Waals surface area contributed by atoms with Crippen LogP contribution in [0.15, 0.2) is 12.3 Å². The first-order valence-corrected chi connectivity index (χ1v) is 4.40. The number of ether oxygens (including phenoxy) is 3. The lowest BCUT2D eigenvalue weighted by Gasteiger charge is -2.19. The van der Waals surface area contributed by atoms with E-state index >= 15 is 0 Å². The molecule has 0 saturated carbocycles. The predicted molar refractivity (Wildman–Crippen MR) is 44.9 cm³/mol. The second-order valence-electron chi connectivity index (χ2n) is 3.79. The highest BCUT2D eigenvalue weighted by molar-refractivity contribution is 5.00. The zero-order chi connectivity index (χ0) is 9.47. The smallest absolute Gasteiger partial charge is 0.164 e. The van der Waals surface area contributed by atoms with Crippen LogP contribution in [0.5, 0.6) is 0 Å². The molecule has 3 atom stereocenters. The molecular weight excluding hydrogens is 172 g/mol. The Morgan fingerprint density at radius 1 is 1.38 bits per heavy atom. The summed E-state index contributed by atoms with van der Waals surface area (Å²) in [4.78, 5) is 0. The molecule has 1 fully saturated rings. The highest BCUT2D eigenvalue weighted by atomic mass is 16.8. The van der Waals surface area contributed by atoms with Crippen molar-refractivity contribution >= 4 is 0 Å². The molecule has 0 aromatic heterocycles. The second-order valence-corrected chi connectivity index (χ2v) is 3.79. The van der Waals surface area contributed by atoms with Gasteiger partial charge in [-0.05, 0) is 19.9 Å². The van der Waals surface area contributed by atoms with E-state index in [9.17, 15) is 5.11 Å². The summed E-state index contributed by atoms with van der Waals surface area (Å²) in [7, 11) is 0. The van der Waals surface area contributed by atoms with Gasteiger partial charge >= 0.3 is 0 Å². The summed E-state index contributed by atoms with van der Waals surface area (Å²) in [6.07, 6.45) is 2.19. The summed E-state index contributed by atoms with van der Waals surface area (Å²) in [6.45, 7) is 3.93. The Balaban J connectivity index is 2.16. The van der Waals surface area contributed by atoms with Gasteiger partial charge in [-0.1, -0.05) is 0 Å². The molecule has 4 nitrogen and oxygen atoms in total.